The second-order valence-electron chi connectivity index (χ2n) is 4.75. The SMILES string of the molecule is NC(=O)c1cc(NC2CCS(=O)(=O)CC2)c(F)cc1F. The number of carbonyl (C=O) groups is 1. The highest BCUT2D eigenvalue weighted by atomic mass is 32.2. The zero-order valence-corrected chi connectivity index (χ0v) is 11.3. The largest absolute Gasteiger partial charge is 0.380 e. The van der Waals surface area contributed by atoms with Crippen LogP contribution in [0.15, 0.2) is 12.1 Å². The van der Waals surface area contributed by atoms with Crippen LogP contribution in [0.3, 0.4) is 0 Å². The highest BCUT2D eigenvalue weighted by Crippen LogP contribution is 2.23. The van der Waals surface area contributed by atoms with Crippen molar-refractivity contribution >= 4 is 21.4 Å². The van der Waals surface area contributed by atoms with Crippen molar-refractivity contribution in [2.45, 2.75) is 18.9 Å². The zero-order valence-electron chi connectivity index (χ0n) is 10.5. The standard InChI is InChI=1S/C12H14F2N2O3S/c13-9-6-10(14)11(5-8(9)12(15)17)16-7-1-3-20(18,19)4-2-7/h5-7,16H,1-4H2,(H2,15,17). The van der Waals surface area contributed by atoms with Crippen molar-refractivity contribution in [3.05, 3.63) is 29.3 Å². The summed E-state index contributed by atoms with van der Waals surface area (Å²) in [7, 11) is -3.01. The molecule has 0 spiro atoms. The number of hydrogen-bond donors (Lipinski definition) is 2. The molecule has 2 rings (SSSR count). The van der Waals surface area contributed by atoms with Crippen molar-refractivity contribution in [2.75, 3.05) is 16.8 Å². The average molecular weight is 304 g/mol. The highest BCUT2D eigenvalue weighted by molar-refractivity contribution is 7.91. The third-order valence-electron chi connectivity index (χ3n) is 3.24. The van der Waals surface area contributed by atoms with E-state index in [0.717, 1.165) is 6.07 Å². The molecule has 1 heterocycles. The monoisotopic (exact) mass is 304 g/mol. The maximum absolute atomic E-state index is 13.6. The van der Waals surface area contributed by atoms with Crippen molar-refractivity contribution in [3.63, 3.8) is 0 Å². The fourth-order valence-electron chi connectivity index (χ4n) is 2.10. The van der Waals surface area contributed by atoms with Crippen LogP contribution in [0.2, 0.25) is 0 Å². The Morgan fingerprint density at radius 1 is 1.20 bits per heavy atom. The first kappa shape index (κ1) is 14.7. The number of rotatable bonds is 3. The summed E-state index contributed by atoms with van der Waals surface area (Å²) in [6, 6.07) is 1.36. The lowest BCUT2D eigenvalue weighted by Crippen LogP contribution is -2.32. The summed E-state index contributed by atoms with van der Waals surface area (Å²) in [6.45, 7) is 0. The van der Waals surface area contributed by atoms with Crippen molar-refractivity contribution in [3.8, 4) is 0 Å². The van der Waals surface area contributed by atoms with E-state index in [0.29, 0.717) is 18.9 Å². The van der Waals surface area contributed by atoms with Crippen LogP contribution in [-0.4, -0.2) is 31.9 Å². The van der Waals surface area contributed by atoms with Crippen LogP contribution in [0.4, 0.5) is 14.5 Å². The summed E-state index contributed by atoms with van der Waals surface area (Å²) >= 11 is 0. The Kier molecular flexibility index (Phi) is 3.94. The summed E-state index contributed by atoms with van der Waals surface area (Å²) in [5, 5.41) is 2.80. The van der Waals surface area contributed by atoms with Gasteiger partial charge in [-0.1, -0.05) is 0 Å². The van der Waals surface area contributed by atoms with Gasteiger partial charge in [0.1, 0.15) is 21.5 Å². The molecule has 110 valence electrons. The van der Waals surface area contributed by atoms with E-state index in [1.807, 2.05) is 0 Å². The fourth-order valence-corrected chi connectivity index (χ4v) is 3.59. The molecule has 1 saturated heterocycles. The van der Waals surface area contributed by atoms with Gasteiger partial charge in [0.15, 0.2) is 0 Å². The van der Waals surface area contributed by atoms with E-state index in [1.165, 1.54) is 0 Å². The molecule has 1 aliphatic heterocycles. The predicted octanol–water partition coefficient (Wildman–Crippen LogP) is 1.05. The third-order valence-corrected chi connectivity index (χ3v) is 4.95. The van der Waals surface area contributed by atoms with E-state index in [4.69, 9.17) is 5.73 Å². The number of nitrogens with two attached hydrogens (primary N) is 1. The molecular weight excluding hydrogens is 290 g/mol. The van der Waals surface area contributed by atoms with Gasteiger partial charge in [-0.05, 0) is 18.9 Å². The Hall–Kier alpha value is -1.70. The van der Waals surface area contributed by atoms with Gasteiger partial charge in [-0.3, -0.25) is 4.79 Å². The van der Waals surface area contributed by atoms with E-state index >= 15 is 0 Å². The third kappa shape index (κ3) is 3.24. The molecule has 0 saturated carbocycles. The molecule has 0 radical (unpaired) electrons. The lowest BCUT2D eigenvalue weighted by Gasteiger charge is -2.24. The van der Waals surface area contributed by atoms with Crippen LogP contribution in [0.25, 0.3) is 0 Å². The fraction of sp³-hybridized carbons (Fsp3) is 0.417. The van der Waals surface area contributed by atoms with Gasteiger partial charge >= 0.3 is 0 Å². The lowest BCUT2D eigenvalue weighted by atomic mass is 10.1. The maximum atomic E-state index is 13.6. The van der Waals surface area contributed by atoms with Crippen LogP contribution in [0, 0.1) is 11.6 Å². The minimum Gasteiger partial charge on any atom is -0.380 e. The van der Waals surface area contributed by atoms with Crippen LogP contribution in [0.5, 0.6) is 0 Å². The Morgan fingerprint density at radius 3 is 2.35 bits per heavy atom. The first-order valence-corrected chi connectivity index (χ1v) is 7.86. The van der Waals surface area contributed by atoms with Crippen molar-refractivity contribution < 1.29 is 22.0 Å². The van der Waals surface area contributed by atoms with Crippen LogP contribution in [-0.2, 0) is 9.84 Å². The number of anilines is 1. The second-order valence-corrected chi connectivity index (χ2v) is 7.05. The Bertz CT molecular complexity index is 632. The van der Waals surface area contributed by atoms with E-state index in [-0.39, 0.29) is 23.2 Å². The average Bonchev–Trinajstić information content (AvgIpc) is 2.34. The van der Waals surface area contributed by atoms with Gasteiger partial charge in [0, 0.05) is 12.1 Å². The molecule has 0 bridgehead atoms. The molecule has 1 fully saturated rings. The minimum atomic E-state index is -3.01. The van der Waals surface area contributed by atoms with Gasteiger partial charge in [0.25, 0.3) is 5.91 Å². The van der Waals surface area contributed by atoms with E-state index in [9.17, 15) is 22.0 Å². The quantitative estimate of drug-likeness (QED) is 0.873. The van der Waals surface area contributed by atoms with E-state index in [2.05, 4.69) is 5.32 Å². The number of nitrogens with one attached hydrogen (secondary N) is 1. The topological polar surface area (TPSA) is 89.3 Å². The number of hydrogen-bond acceptors (Lipinski definition) is 4. The Labute approximate surface area is 115 Å². The van der Waals surface area contributed by atoms with Crippen molar-refractivity contribution in [1.29, 1.82) is 0 Å². The maximum Gasteiger partial charge on any atom is 0.251 e. The number of benzene rings is 1. The van der Waals surface area contributed by atoms with Gasteiger partial charge in [-0.25, -0.2) is 17.2 Å². The molecule has 1 aromatic carbocycles. The van der Waals surface area contributed by atoms with Gasteiger partial charge < -0.3 is 11.1 Å². The predicted molar refractivity (Wildman–Crippen MR) is 70.2 cm³/mol. The normalized spacial score (nSPS) is 18.7. The highest BCUT2D eigenvalue weighted by Gasteiger charge is 2.24. The molecule has 0 unspecified atom stereocenters. The summed E-state index contributed by atoms with van der Waals surface area (Å²) in [4.78, 5) is 11.0. The second kappa shape index (κ2) is 5.35. The van der Waals surface area contributed by atoms with Gasteiger partial charge in [0.05, 0.1) is 22.8 Å². The molecule has 5 nitrogen and oxygen atoms in total. The number of carbonyl (C=O) groups excluding carboxylic acids is 1. The van der Waals surface area contributed by atoms with Crippen LogP contribution in [0.1, 0.15) is 23.2 Å². The molecule has 1 aliphatic rings. The van der Waals surface area contributed by atoms with Gasteiger partial charge in [0.2, 0.25) is 0 Å². The number of halogens is 2. The molecule has 1 aromatic rings. The first-order valence-electron chi connectivity index (χ1n) is 6.04. The number of amides is 1. The summed E-state index contributed by atoms with van der Waals surface area (Å²) in [6.07, 6.45) is 0.677. The first-order chi connectivity index (χ1) is 9.28. The summed E-state index contributed by atoms with van der Waals surface area (Å²) in [5.74, 6) is -2.81. The molecule has 0 aliphatic carbocycles. The van der Waals surface area contributed by atoms with Crippen LogP contribution >= 0.6 is 0 Å². The van der Waals surface area contributed by atoms with Crippen molar-refractivity contribution in [2.24, 2.45) is 5.73 Å². The summed E-state index contributed by atoms with van der Waals surface area (Å²) < 4.78 is 49.5. The lowest BCUT2D eigenvalue weighted by molar-refractivity contribution is 0.0996. The van der Waals surface area contributed by atoms with Gasteiger partial charge in [-0.15, -0.1) is 0 Å². The molecule has 3 N–H and O–H groups in total. The molecule has 0 atom stereocenters. The number of primary amides is 1. The minimum absolute atomic E-state index is 0.0240. The van der Waals surface area contributed by atoms with E-state index < -0.39 is 32.9 Å². The van der Waals surface area contributed by atoms with E-state index in [1.54, 1.807) is 0 Å². The smallest absolute Gasteiger partial charge is 0.251 e. The Morgan fingerprint density at radius 2 is 1.80 bits per heavy atom. The molecule has 20 heavy (non-hydrogen) atoms. The van der Waals surface area contributed by atoms with Crippen LogP contribution < -0.4 is 11.1 Å². The molecule has 0 aromatic heterocycles. The molecular formula is C12H14F2N2O3S. The zero-order chi connectivity index (χ0) is 14.9. The Balaban J connectivity index is 2.18. The summed E-state index contributed by atoms with van der Waals surface area (Å²) in [5.41, 5.74) is 4.54. The van der Waals surface area contributed by atoms with Gasteiger partial charge in [-0.2, -0.15) is 0 Å². The molecule has 8 heteroatoms. The molecule has 1 amide bonds. The number of sulfone groups is 1. The van der Waals surface area contributed by atoms with Crippen molar-refractivity contribution in [1.82, 2.24) is 0 Å².